The van der Waals surface area contributed by atoms with Gasteiger partial charge in [0.15, 0.2) is 0 Å². The fourth-order valence-corrected chi connectivity index (χ4v) is 0.604. The summed E-state index contributed by atoms with van der Waals surface area (Å²) in [5.41, 5.74) is 0. The Morgan fingerprint density at radius 1 is 1.50 bits per heavy atom. The van der Waals surface area contributed by atoms with Crippen molar-refractivity contribution in [2.24, 2.45) is 11.8 Å². The van der Waals surface area contributed by atoms with Crippen LogP contribution in [0.15, 0.2) is 12.7 Å². The predicted octanol–water partition coefficient (Wildman–Crippen LogP) is 2.85. The first kappa shape index (κ1) is 7.74. The second-order valence-corrected chi connectivity index (χ2v) is 2.48. The van der Waals surface area contributed by atoms with Crippen molar-refractivity contribution in [2.45, 2.75) is 27.2 Å². The van der Waals surface area contributed by atoms with Crippen LogP contribution >= 0.6 is 0 Å². The molecule has 0 heterocycles. The summed E-state index contributed by atoms with van der Waals surface area (Å²) < 4.78 is 0. The lowest BCUT2D eigenvalue weighted by atomic mass is 9.94. The van der Waals surface area contributed by atoms with Gasteiger partial charge in [-0.15, -0.1) is 6.58 Å². The quantitative estimate of drug-likeness (QED) is 0.492. The second-order valence-electron chi connectivity index (χ2n) is 2.48. The molecule has 8 heavy (non-hydrogen) atoms. The van der Waals surface area contributed by atoms with Crippen LogP contribution in [0.5, 0.6) is 0 Å². The zero-order valence-electron chi connectivity index (χ0n) is 6.15. The molecule has 0 aliphatic rings. The van der Waals surface area contributed by atoms with Crippen LogP contribution in [0, 0.1) is 11.8 Å². The van der Waals surface area contributed by atoms with E-state index in [9.17, 15) is 0 Å². The maximum absolute atomic E-state index is 3.73. The van der Waals surface area contributed by atoms with Gasteiger partial charge >= 0.3 is 0 Å². The maximum atomic E-state index is 3.73. The summed E-state index contributed by atoms with van der Waals surface area (Å²) in [6, 6.07) is 0. The van der Waals surface area contributed by atoms with Crippen molar-refractivity contribution in [3.63, 3.8) is 0 Å². The molecule has 2 atom stereocenters. The van der Waals surface area contributed by atoms with Crippen LogP contribution < -0.4 is 0 Å². The van der Waals surface area contributed by atoms with E-state index in [1.54, 1.807) is 0 Å². The van der Waals surface area contributed by atoms with Gasteiger partial charge < -0.3 is 0 Å². The van der Waals surface area contributed by atoms with Gasteiger partial charge in [-0.25, -0.2) is 0 Å². The summed E-state index contributed by atoms with van der Waals surface area (Å²) in [4.78, 5) is 0. The SMILES string of the molecule is C=CC(C)C(C)CC. The monoisotopic (exact) mass is 112 g/mol. The topological polar surface area (TPSA) is 0 Å². The standard InChI is InChI=1S/C8H16/c1-5-7(3)8(4)6-2/h5,7-8H,1,6H2,2-4H3. The Kier molecular flexibility index (Phi) is 3.59. The molecular formula is C8H16. The summed E-state index contributed by atoms with van der Waals surface area (Å²) >= 11 is 0. The van der Waals surface area contributed by atoms with Crippen molar-refractivity contribution in [1.29, 1.82) is 0 Å². The number of rotatable bonds is 3. The Morgan fingerprint density at radius 2 is 2.00 bits per heavy atom. The van der Waals surface area contributed by atoms with Gasteiger partial charge in [-0.2, -0.15) is 0 Å². The molecule has 0 aliphatic carbocycles. The molecule has 0 heteroatoms. The fourth-order valence-electron chi connectivity index (χ4n) is 0.604. The lowest BCUT2D eigenvalue weighted by Gasteiger charge is -2.12. The highest BCUT2D eigenvalue weighted by molar-refractivity contribution is 4.78. The Hall–Kier alpha value is -0.260. The average Bonchev–Trinajstić information content (AvgIpc) is 1.84. The molecular weight excluding hydrogens is 96.1 g/mol. The molecule has 0 saturated heterocycles. The van der Waals surface area contributed by atoms with E-state index in [0.29, 0.717) is 5.92 Å². The molecule has 0 amide bonds. The summed E-state index contributed by atoms with van der Waals surface area (Å²) in [6.45, 7) is 10.4. The molecule has 0 aromatic heterocycles. The smallest absolute Gasteiger partial charge is 0.0239 e. The van der Waals surface area contributed by atoms with Crippen molar-refractivity contribution in [2.75, 3.05) is 0 Å². The van der Waals surface area contributed by atoms with Gasteiger partial charge in [0.2, 0.25) is 0 Å². The van der Waals surface area contributed by atoms with E-state index in [2.05, 4.69) is 27.4 Å². The third kappa shape index (κ3) is 2.15. The van der Waals surface area contributed by atoms with Gasteiger partial charge in [-0.05, 0) is 11.8 Å². The fraction of sp³-hybridized carbons (Fsp3) is 0.750. The average molecular weight is 112 g/mol. The molecule has 0 aliphatic heterocycles. The predicted molar refractivity (Wildman–Crippen MR) is 38.8 cm³/mol. The number of hydrogen-bond acceptors (Lipinski definition) is 0. The normalized spacial score (nSPS) is 17.4. The van der Waals surface area contributed by atoms with Gasteiger partial charge in [0.05, 0.1) is 0 Å². The zero-order valence-corrected chi connectivity index (χ0v) is 6.15. The van der Waals surface area contributed by atoms with Crippen LogP contribution in [-0.2, 0) is 0 Å². The highest BCUT2D eigenvalue weighted by Crippen LogP contribution is 2.13. The molecule has 0 radical (unpaired) electrons. The molecule has 0 N–H and O–H groups in total. The highest BCUT2D eigenvalue weighted by Gasteiger charge is 2.03. The zero-order chi connectivity index (χ0) is 6.57. The van der Waals surface area contributed by atoms with Gasteiger partial charge in [-0.3, -0.25) is 0 Å². The minimum atomic E-state index is 0.681. The van der Waals surface area contributed by atoms with Crippen LogP contribution in [0.3, 0.4) is 0 Å². The molecule has 0 nitrogen and oxygen atoms in total. The second kappa shape index (κ2) is 3.71. The van der Waals surface area contributed by atoms with Gasteiger partial charge in [0.25, 0.3) is 0 Å². The summed E-state index contributed by atoms with van der Waals surface area (Å²) in [7, 11) is 0. The molecule has 0 rings (SSSR count). The minimum Gasteiger partial charge on any atom is -0.103 e. The molecule has 0 spiro atoms. The molecule has 0 fully saturated rings. The first-order chi connectivity index (χ1) is 3.72. The van der Waals surface area contributed by atoms with E-state index in [4.69, 9.17) is 0 Å². The summed E-state index contributed by atoms with van der Waals surface area (Å²) in [5.74, 6) is 1.48. The third-order valence-corrected chi connectivity index (χ3v) is 1.91. The molecule has 0 bridgehead atoms. The van der Waals surface area contributed by atoms with E-state index in [0.717, 1.165) is 5.92 Å². The van der Waals surface area contributed by atoms with Gasteiger partial charge in [0.1, 0.15) is 0 Å². The van der Waals surface area contributed by atoms with Crippen molar-refractivity contribution < 1.29 is 0 Å². The number of allylic oxidation sites excluding steroid dienone is 1. The van der Waals surface area contributed by atoms with E-state index in [-0.39, 0.29) is 0 Å². The van der Waals surface area contributed by atoms with Crippen LogP contribution in [-0.4, -0.2) is 0 Å². The summed E-state index contributed by atoms with van der Waals surface area (Å²) in [5, 5.41) is 0. The lowest BCUT2D eigenvalue weighted by molar-refractivity contribution is 0.447. The van der Waals surface area contributed by atoms with Crippen molar-refractivity contribution in [3.05, 3.63) is 12.7 Å². The van der Waals surface area contributed by atoms with Crippen LogP contribution in [0.1, 0.15) is 27.2 Å². The third-order valence-electron chi connectivity index (χ3n) is 1.91. The highest BCUT2D eigenvalue weighted by atomic mass is 14.1. The lowest BCUT2D eigenvalue weighted by Crippen LogP contribution is -2.01. The van der Waals surface area contributed by atoms with Crippen LogP contribution in [0.25, 0.3) is 0 Å². The molecule has 0 aromatic rings. The van der Waals surface area contributed by atoms with E-state index < -0.39 is 0 Å². The van der Waals surface area contributed by atoms with Crippen molar-refractivity contribution in [3.8, 4) is 0 Å². The van der Waals surface area contributed by atoms with Crippen LogP contribution in [0.4, 0.5) is 0 Å². The van der Waals surface area contributed by atoms with E-state index in [1.165, 1.54) is 6.42 Å². The Balaban J connectivity index is 3.44. The first-order valence-electron chi connectivity index (χ1n) is 3.34. The first-order valence-corrected chi connectivity index (χ1v) is 3.34. The van der Waals surface area contributed by atoms with Crippen LogP contribution in [0.2, 0.25) is 0 Å². The van der Waals surface area contributed by atoms with E-state index in [1.807, 2.05) is 6.08 Å². The van der Waals surface area contributed by atoms with E-state index >= 15 is 0 Å². The van der Waals surface area contributed by atoms with Crippen molar-refractivity contribution in [1.82, 2.24) is 0 Å². The molecule has 0 saturated carbocycles. The largest absolute Gasteiger partial charge is 0.103 e. The van der Waals surface area contributed by atoms with Gasteiger partial charge in [-0.1, -0.05) is 33.3 Å². The van der Waals surface area contributed by atoms with Crippen molar-refractivity contribution >= 4 is 0 Å². The molecule has 48 valence electrons. The number of hydrogen-bond donors (Lipinski definition) is 0. The Bertz CT molecular complexity index is 64.4. The summed E-state index contributed by atoms with van der Waals surface area (Å²) in [6.07, 6.45) is 3.28. The molecule has 0 aromatic carbocycles. The maximum Gasteiger partial charge on any atom is -0.0239 e. The Morgan fingerprint density at radius 3 is 2.12 bits per heavy atom. The minimum absolute atomic E-state index is 0.681. The molecule has 2 unspecified atom stereocenters. The van der Waals surface area contributed by atoms with Gasteiger partial charge in [0, 0.05) is 0 Å². The Labute approximate surface area is 52.6 Å².